The summed E-state index contributed by atoms with van der Waals surface area (Å²) in [6.07, 6.45) is 1.38. The third kappa shape index (κ3) is 2.60. The normalized spacial score (nSPS) is 11.5. The van der Waals surface area contributed by atoms with Crippen LogP contribution in [0, 0.1) is 25.5 Å². The van der Waals surface area contributed by atoms with Gasteiger partial charge in [0.1, 0.15) is 21.2 Å². The van der Waals surface area contributed by atoms with E-state index in [9.17, 15) is 13.6 Å². The first-order chi connectivity index (χ1) is 11.9. The number of aromatic nitrogens is 3. The van der Waals surface area contributed by atoms with Crippen molar-refractivity contribution in [1.29, 1.82) is 0 Å². The van der Waals surface area contributed by atoms with Gasteiger partial charge in [-0.3, -0.25) is 9.36 Å². The summed E-state index contributed by atoms with van der Waals surface area (Å²) in [4.78, 5) is 22.4. The second-order valence-corrected chi connectivity index (χ2v) is 6.95. The molecule has 0 fully saturated rings. The molecule has 3 heterocycles. The maximum atomic E-state index is 13.9. The van der Waals surface area contributed by atoms with Gasteiger partial charge in [-0.25, -0.2) is 18.7 Å². The quantitative estimate of drug-likeness (QED) is 0.546. The Morgan fingerprint density at radius 2 is 2.00 bits per heavy atom. The molecule has 0 saturated carbocycles. The standard InChI is InChI=1S/C18H13F2N3OS/c1-9-5-10(2)22-17-14(9)15-16(25-17)18(24)23(8-21-15)7-11-6-12(19)3-4-13(11)20/h3-6,8H,7H2,1-2H3. The first-order valence-electron chi connectivity index (χ1n) is 7.64. The fourth-order valence-electron chi connectivity index (χ4n) is 2.96. The van der Waals surface area contributed by atoms with Gasteiger partial charge in [-0.05, 0) is 43.7 Å². The lowest BCUT2D eigenvalue weighted by atomic mass is 10.1. The van der Waals surface area contributed by atoms with Crippen molar-refractivity contribution in [2.75, 3.05) is 0 Å². The topological polar surface area (TPSA) is 47.8 Å². The van der Waals surface area contributed by atoms with Crippen molar-refractivity contribution in [1.82, 2.24) is 14.5 Å². The largest absolute Gasteiger partial charge is 0.293 e. The molecule has 0 unspecified atom stereocenters. The van der Waals surface area contributed by atoms with Gasteiger partial charge in [-0.15, -0.1) is 11.3 Å². The molecule has 1 aromatic carbocycles. The Bertz CT molecular complexity index is 1200. The number of fused-ring (bicyclic) bond motifs is 3. The first kappa shape index (κ1) is 15.8. The molecular formula is C18H13F2N3OS. The predicted octanol–water partition coefficient (Wildman–Crippen LogP) is 3.95. The molecule has 0 aliphatic rings. The number of pyridine rings is 1. The SMILES string of the molecule is Cc1cc(C)c2c(n1)sc1c(=O)n(Cc3cc(F)ccc3F)cnc12. The van der Waals surface area contributed by atoms with Crippen molar-refractivity contribution < 1.29 is 8.78 Å². The number of hydrogen-bond acceptors (Lipinski definition) is 4. The van der Waals surface area contributed by atoms with Gasteiger partial charge >= 0.3 is 0 Å². The van der Waals surface area contributed by atoms with E-state index in [1.807, 2.05) is 19.9 Å². The van der Waals surface area contributed by atoms with Crippen LogP contribution in [0.5, 0.6) is 0 Å². The van der Waals surface area contributed by atoms with E-state index in [2.05, 4.69) is 9.97 Å². The highest BCUT2D eigenvalue weighted by atomic mass is 32.1. The number of rotatable bonds is 2. The van der Waals surface area contributed by atoms with Crippen LogP contribution in [0.3, 0.4) is 0 Å². The fourth-order valence-corrected chi connectivity index (χ4v) is 4.16. The van der Waals surface area contributed by atoms with Crippen molar-refractivity contribution >= 4 is 31.8 Å². The highest BCUT2D eigenvalue weighted by Crippen LogP contribution is 2.31. The van der Waals surface area contributed by atoms with E-state index in [1.165, 1.54) is 22.2 Å². The molecule has 0 spiro atoms. The number of hydrogen-bond donors (Lipinski definition) is 0. The maximum Gasteiger partial charge on any atom is 0.271 e. The number of thiophene rings is 1. The summed E-state index contributed by atoms with van der Waals surface area (Å²) in [6.45, 7) is 3.78. The fraction of sp³-hybridized carbons (Fsp3) is 0.167. The van der Waals surface area contributed by atoms with Gasteiger partial charge in [0.2, 0.25) is 0 Å². The second-order valence-electron chi connectivity index (χ2n) is 5.95. The van der Waals surface area contributed by atoms with Crippen LogP contribution >= 0.6 is 11.3 Å². The highest BCUT2D eigenvalue weighted by molar-refractivity contribution is 7.25. The van der Waals surface area contributed by atoms with Gasteiger partial charge < -0.3 is 0 Å². The molecule has 0 N–H and O–H groups in total. The molecule has 0 aliphatic carbocycles. The third-order valence-electron chi connectivity index (χ3n) is 4.09. The van der Waals surface area contributed by atoms with Crippen LogP contribution in [0.4, 0.5) is 8.78 Å². The summed E-state index contributed by atoms with van der Waals surface area (Å²) in [7, 11) is 0. The van der Waals surface area contributed by atoms with Crippen LogP contribution in [0.15, 0.2) is 35.4 Å². The van der Waals surface area contributed by atoms with Crippen LogP contribution < -0.4 is 5.56 Å². The predicted molar refractivity (Wildman–Crippen MR) is 94.1 cm³/mol. The lowest BCUT2D eigenvalue weighted by Crippen LogP contribution is -2.20. The van der Waals surface area contributed by atoms with Gasteiger partial charge in [0, 0.05) is 16.6 Å². The molecule has 0 saturated heterocycles. The van der Waals surface area contributed by atoms with E-state index >= 15 is 0 Å². The summed E-state index contributed by atoms with van der Waals surface area (Å²) in [5.41, 5.74) is 2.31. The van der Waals surface area contributed by atoms with Crippen molar-refractivity contribution in [2.45, 2.75) is 20.4 Å². The Balaban J connectivity index is 1.91. The van der Waals surface area contributed by atoms with Crippen molar-refractivity contribution in [3.05, 3.63) is 69.4 Å². The minimum absolute atomic E-state index is 0.0783. The Hall–Kier alpha value is -2.67. The van der Waals surface area contributed by atoms with Crippen LogP contribution in [0.1, 0.15) is 16.8 Å². The van der Waals surface area contributed by atoms with E-state index in [1.54, 1.807) is 0 Å². The number of halogens is 2. The number of benzene rings is 1. The van der Waals surface area contributed by atoms with E-state index in [0.717, 1.165) is 39.7 Å². The molecule has 0 atom stereocenters. The summed E-state index contributed by atoms with van der Waals surface area (Å²) in [5.74, 6) is -1.10. The minimum atomic E-state index is -0.558. The number of nitrogens with zero attached hydrogens (tertiary/aromatic N) is 3. The average Bonchev–Trinajstić information content (AvgIpc) is 2.92. The molecule has 4 nitrogen and oxygen atoms in total. The zero-order chi connectivity index (χ0) is 17.7. The van der Waals surface area contributed by atoms with Gasteiger partial charge in [-0.2, -0.15) is 0 Å². The Morgan fingerprint density at radius 1 is 1.20 bits per heavy atom. The van der Waals surface area contributed by atoms with Crippen molar-refractivity contribution in [3.63, 3.8) is 0 Å². The average molecular weight is 357 g/mol. The summed E-state index contributed by atoms with van der Waals surface area (Å²) >= 11 is 1.27. The Kier molecular flexibility index (Phi) is 3.61. The van der Waals surface area contributed by atoms with Crippen LogP contribution in [0.25, 0.3) is 20.4 Å². The molecule has 3 aromatic heterocycles. The second kappa shape index (κ2) is 5.70. The Morgan fingerprint density at radius 3 is 2.80 bits per heavy atom. The zero-order valence-corrected chi connectivity index (χ0v) is 14.3. The molecular weight excluding hydrogens is 344 g/mol. The van der Waals surface area contributed by atoms with Gasteiger partial charge in [0.05, 0.1) is 18.4 Å². The van der Waals surface area contributed by atoms with Gasteiger partial charge in [-0.1, -0.05) is 0 Å². The lowest BCUT2D eigenvalue weighted by Gasteiger charge is -2.07. The maximum absolute atomic E-state index is 13.9. The molecule has 0 radical (unpaired) electrons. The van der Waals surface area contributed by atoms with Crippen molar-refractivity contribution in [3.8, 4) is 0 Å². The number of aryl methyl sites for hydroxylation is 2. The summed E-state index contributed by atoms with van der Waals surface area (Å²) in [5, 5.41) is 0.867. The zero-order valence-electron chi connectivity index (χ0n) is 13.5. The smallest absolute Gasteiger partial charge is 0.271 e. The molecule has 0 amide bonds. The molecule has 4 aromatic rings. The van der Waals surface area contributed by atoms with Crippen LogP contribution in [0.2, 0.25) is 0 Å². The monoisotopic (exact) mass is 357 g/mol. The Labute approximate surface area is 145 Å². The van der Waals surface area contributed by atoms with Gasteiger partial charge in [0.15, 0.2) is 0 Å². The molecule has 7 heteroatoms. The third-order valence-corrected chi connectivity index (χ3v) is 5.15. The molecule has 0 bridgehead atoms. The summed E-state index contributed by atoms with van der Waals surface area (Å²) < 4.78 is 29.0. The van der Waals surface area contributed by atoms with Gasteiger partial charge in [0.25, 0.3) is 5.56 Å². The van der Waals surface area contributed by atoms with Crippen LogP contribution in [-0.2, 0) is 6.54 Å². The first-order valence-corrected chi connectivity index (χ1v) is 8.45. The highest BCUT2D eigenvalue weighted by Gasteiger charge is 2.15. The molecule has 126 valence electrons. The van der Waals surface area contributed by atoms with E-state index < -0.39 is 11.6 Å². The lowest BCUT2D eigenvalue weighted by molar-refractivity contribution is 0.574. The summed E-state index contributed by atoms with van der Waals surface area (Å²) in [6, 6.07) is 5.14. The molecule has 0 aliphatic heterocycles. The molecule has 4 rings (SSSR count). The van der Waals surface area contributed by atoms with E-state index in [4.69, 9.17) is 0 Å². The van der Waals surface area contributed by atoms with Crippen molar-refractivity contribution in [2.24, 2.45) is 0 Å². The van der Waals surface area contributed by atoms with Crippen LogP contribution in [-0.4, -0.2) is 14.5 Å². The molecule has 25 heavy (non-hydrogen) atoms. The van der Waals surface area contributed by atoms with E-state index in [0.29, 0.717) is 10.2 Å². The van der Waals surface area contributed by atoms with E-state index in [-0.39, 0.29) is 17.7 Å². The minimum Gasteiger partial charge on any atom is -0.293 e.